The molecule has 4 nitrogen and oxygen atoms in total. The quantitative estimate of drug-likeness (QED) is 0.327. The topological polar surface area (TPSA) is 74.6 Å². The van der Waals surface area contributed by atoms with Gasteiger partial charge in [0.15, 0.2) is 0 Å². The molecule has 0 rings (SSSR count). The Labute approximate surface area is 82.9 Å². The van der Waals surface area contributed by atoms with Crippen molar-refractivity contribution in [1.82, 2.24) is 0 Å². The molecule has 0 aromatic carbocycles. The molecule has 0 aromatic rings. The standard InChI is InChI=1S/CHO.ClH.Fe.Na.H3O3S.H/c1-2;;;;1-4(2)3;/h1H;1H;;;4H,(H2,1,2,3);/q;;+1;;;/p-1. The van der Waals surface area contributed by atoms with Crippen molar-refractivity contribution in [2.75, 3.05) is 0 Å². The monoisotopic (exact) mass is 227 g/mol. The Kier molecular flexibility index (Phi) is 7.65. The number of carbonyl (C=O) groups excluding carboxylic acids is 1. The molecular formula is CH5ClFeNaO4S. The fourth-order valence-corrected chi connectivity index (χ4v) is 0.601. The van der Waals surface area contributed by atoms with Crippen LogP contribution < -0.4 is 0 Å². The maximum atomic E-state index is 9.93. The number of rotatable bonds is 2. The zero-order valence-electron chi connectivity index (χ0n) is 3.47. The van der Waals surface area contributed by atoms with Gasteiger partial charge in [0.2, 0.25) is 0 Å². The summed E-state index contributed by atoms with van der Waals surface area (Å²) < 4.78 is 26.1. The summed E-state index contributed by atoms with van der Waals surface area (Å²) in [6.07, 6.45) is 0. The van der Waals surface area contributed by atoms with Crippen LogP contribution in [0.3, 0.4) is 0 Å². The van der Waals surface area contributed by atoms with E-state index in [1.54, 1.807) is 0 Å². The predicted molar refractivity (Wildman–Crippen MR) is 34.5 cm³/mol. The molecule has 0 amide bonds. The van der Waals surface area contributed by atoms with Crippen molar-refractivity contribution >= 4 is 53.8 Å². The molecule has 0 aliphatic carbocycles. The Hall–Kier alpha value is 1.55. The van der Waals surface area contributed by atoms with Crippen LogP contribution in [0.4, 0.5) is 0 Å². The molecule has 0 bridgehead atoms. The van der Waals surface area contributed by atoms with Gasteiger partial charge >= 0.3 is 83.7 Å². The molecule has 0 saturated carbocycles. The molecule has 8 heteroatoms. The summed E-state index contributed by atoms with van der Waals surface area (Å²) in [7, 11) is 0.617. The fourth-order valence-electron chi connectivity index (χ4n) is 0.0485. The minimum atomic E-state index is -4.28. The summed E-state index contributed by atoms with van der Waals surface area (Å²) >= 11 is -2.42. The molecule has 0 saturated heterocycles. The second kappa shape index (κ2) is 5.23. The van der Waals surface area contributed by atoms with Crippen LogP contribution in [0, 0.1) is 0 Å². The van der Waals surface area contributed by atoms with Crippen molar-refractivity contribution in [3.63, 3.8) is 0 Å². The fraction of sp³-hybridized carbons (Fsp3) is 0. The van der Waals surface area contributed by atoms with Gasteiger partial charge in [0.05, 0.1) is 0 Å². The SMILES string of the molecule is O=[CH][Fe]([Cl])[SH](=O)(O)O.[NaH]. The Bertz CT molecular complexity index is 135. The molecule has 2 N–H and O–H groups in total. The normalized spacial score (nSPS) is 13.4. The summed E-state index contributed by atoms with van der Waals surface area (Å²) in [5.41, 5.74) is 0. The van der Waals surface area contributed by atoms with E-state index in [-0.39, 0.29) is 34.7 Å². The second-order valence-corrected chi connectivity index (χ2v) is 7.95. The van der Waals surface area contributed by atoms with Gasteiger partial charge in [0.1, 0.15) is 0 Å². The Morgan fingerprint density at radius 1 is 1.56 bits per heavy atom. The van der Waals surface area contributed by atoms with Crippen LogP contribution in [0.5, 0.6) is 0 Å². The maximum absolute atomic E-state index is 9.93. The van der Waals surface area contributed by atoms with Crippen LogP contribution >= 0.6 is 10.1 Å². The van der Waals surface area contributed by atoms with E-state index >= 15 is 0 Å². The average Bonchev–Trinajstić information content (AvgIpc) is 1.62. The first-order valence-corrected chi connectivity index (χ1v) is 6.43. The first-order valence-electron chi connectivity index (χ1n) is 1.31. The van der Waals surface area contributed by atoms with Gasteiger partial charge in [-0.2, -0.15) is 0 Å². The summed E-state index contributed by atoms with van der Waals surface area (Å²) in [4.78, 5) is 9.56. The van der Waals surface area contributed by atoms with E-state index in [1.807, 2.05) is 0 Å². The Morgan fingerprint density at radius 3 is 1.89 bits per heavy atom. The molecule has 9 heavy (non-hydrogen) atoms. The van der Waals surface area contributed by atoms with E-state index < -0.39 is 20.8 Å². The van der Waals surface area contributed by atoms with E-state index in [9.17, 15) is 9.00 Å². The first kappa shape index (κ1) is 13.2. The van der Waals surface area contributed by atoms with E-state index in [4.69, 9.17) is 19.2 Å². The molecule has 0 atom stereocenters. The molecule has 0 unspecified atom stereocenters. The van der Waals surface area contributed by atoms with Crippen molar-refractivity contribution < 1.29 is 30.0 Å². The third-order valence-corrected chi connectivity index (χ3v) is 5.21. The van der Waals surface area contributed by atoms with Gasteiger partial charge < -0.3 is 0 Å². The minimum absolute atomic E-state index is 0. The van der Waals surface area contributed by atoms with Crippen LogP contribution in [0.2, 0.25) is 0 Å². The van der Waals surface area contributed by atoms with Crippen LogP contribution in [0.1, 0.15) is 0 Å². The van der Waals surface area contributed by atoms with E-state index in [1.165, 1.54) is 0 Å². The number of thiol groups is 1. The van der Waals surface area contributed by atoms with Gasteiger partial charge in [-0.3, -0.25) is 0 Å². The molecular weight excluding hydrogens is 222 g/mol. The third-order valence-electron chi connectivity index (χ3n) is 0.266. The van der Waals surface area contributed by atoms with Crippen LogP contribution in [0.15, 0.2) is 0 Å². The third kappa shape index (κ3) is 5.97. The van der Waals surface area contributed by atoms with Gasteiger partial charge in [-0.15, -0.1) is 0 Å². The summed E-state index contributed by atoms with van der Waals surface area (Å²) in [5.74, 6) is 0. The van der Waals surface area contributed by atoms with Crippen molar-refractivity contribution in [3.8, 4) is 0 Å². The first-order chi connectivity index (χ1) is 3.48. The van der Waals surface area contributed by atoms with Crippen molar-refractivity contribution in [2.24, 2.45) is 0 Å². The number of hydrogen-bond donors (Lipinski definition) is 3. The number of halogens is 1. The van der Waals surface area contributed by atoms with Gasteiger partial charge in [0, 0.05) is 0 Å². The average molecular weight is 227 g/mol. The molecule has 55 valence electrons. The van der Waals surface area contributed by atoms with Crippen molar-refractivity contribution in [3.05, 3.63) is 0 Å². The van der Waals surface area contributed by atoms with E-state index in [0.29, 0.717) is 0 Å². The predicted octanol–water partition coefficient (Wildman–Crippen LogP) is -0.822. The summed E-state index contributed by atoms with van der Waals surface area (Å²) in [5, 5.41) is 0.0856. The zero-order valence-corrected chi connectivity index (χ0v) is 6.22. The van der Waals surface area contributed by atoms with Gasteiger partial charge in [-0.1, -0.05) is 0 Å². The molecule has 0 spiro atoms. The number of hydrogen-bond acceptors (Lipinski definition) is 2. The van der Waals surface area contributed by atoms with Crippen molar-refractivity contribution in [1.29, 1.82) is 0 Å². The molecule has 0 heterocycles. The second-order valence-electron chi connectivity index (χ2n) is 0.770. The summed E-state index contributed by atoms with van der Waals surface area (Å²) in [6, 6.07) is 0. The van der Waals surface area contributed by atoms with Crippen molar-refractivity contribution in [2.45, 2.75) is 0 Å². The molecule has 0 fully saturated rings. The molecule has 0 aliphatic heterocycles. The van der Waals surface area contributed by atoms with Crippen LogP contribution in [-0.2, 0) is 25.6 Å². The molecule has 0 radical (unpaired) electrons. The zero-order chi connectivity index (χ0) is 6.78. The Balaban J connectivity index is 0. The van der Waals surface area contributed by atoms with Gasteiger partial charge in [-0.05, 0) is 0 Å². The van der Waals surface area contributed by atoms with Crippen LogP contribution in [0.25, 0.3) is 0 Å². The number of carbonyl (C=O) groups is 1. The van der Waals surface area contributed by atoms with E-state index in [0.717, 1.165) is 0 Å². The Morgan fingerprint density at radius 2 is 1.89 bits per heavy atom. The van der Waals surface area contributed by atoms with Gasteiger partial charge in [0.25, 0.3) is 0 Å². The van der Waals surface area contributed by atoms with Crippen LogP contribution in [-0.4, -0.2) is 48.1 Å². The van der Waals surface area contributed by atoms with Gasteiger partial charge in [-0.25, -0.2) is 0 Å². The van der Waals surface area contributed by atoms with E-state index in [2.05, 4.69) is 0 Å². The molecule has 0 aromatic heterocycles. The summed E-state index contributed by atoms with van der Waals surface area (Å²) in [6.45, 7) is 0. The molecule has 0 aliphatic rings.